The Bertz CT molecular complexity index is 450. The maximum Gasteiger partial charge on any atom is 0.410 e. The Morgan fingerprint density at radius 2 is 2.16 bits per heavy atom. The van der Waals surface area contributed by atoms with E-state index >= 15 is 0 Å². The van der Waals surface area contributed by atoms with E-state index in [4.69, 9.17) is 9.47 Å². The highest BCUT2D eigenvalue weighted by molar-refractivity contribution is 5.68. The molecule has 0 spiro atoms. The number of aliphatic hydroxyl groups is 1. The van der Waals surface area contributed by atoms with Gasteiger partial charge in [-0.15, -0.1) is 0 Å². The summed E-state index contributed by atoms with van der Waals surface area (Å²) >= 11 is 0. The van der Waals surface area contributed by atoms with Crippen LogP contribution in [0.3, 0.4) is 0 Å². The molecule has 5 heteroatoms. The first-order valence-electron chi connectivity index (χ1n) is 6.50. The lowest BCUT2D eigenvalue weighted by atomic mass is 9.99. The van der Waals surface area contributed by atoms with E-state index in [0.717, 1.165) is 5.56 Å². The molecule has 1 amide bonds. The highest BCUT2D eigenvalue weighted by Gasteiger charge is 2.50. The molecule has 2 aliphatic rings. The van der Waals surface area contributed by atoms with Gasteiger partial charge in [0.05, 0.1) is 19.3 Å². The van der Waals surface area contributed by atoms with Gasteiger partial charge in [-0.3, -0.25) is 0 Å². The van der Waals surface area contributed by atoms with E-state index in [1.54, 1.807) is 4.90 Å². The zero-order valence-corrected chi connectivity index (χ0v) is 10.6. The van der Waals surface area contributed by atoms with Crippen molar-refractivity contribution in [1.82, 2.24) is 4.90 Å². The van der Waals surface area contributed by atoms with Gasteiger partial charge in [0.2, 0.25) is 0 Å². The molecule has 2 heterocycles. The van der Waals surface area contributed by atoms with Crippen LogP contribution in [0.25, 0.3) is 0 Å². The number of aliphatic hydroxyl groups excluding tert-OH is 1. The standard InChI is InChI=1S/C14H17NO4/c16-8-11-6-15(7-12-13(11)19-12)14(17)18-9-10-4-2-1-3-5-10/h1-5,11-13,16H,6-9H2. The fourth-order valence-electron chi connectivity index (χ4n) is 2.52. The average molecular weight is 263 g/mol. The van der Waals surface area contributed by atoms with Crippen LogP contribution in [-0.2, 0) is 16.1 Å². The minimum Gasteiger partial charge on any atom is -0.445 e. The Balaban J connectivity index is 1.53. The number of hydrogen-bond acceptors (Lipinski definition) is 4. The maximum atomic E-state index is 12.0. The Morgan fingerprint density at radius 3 is 2.89 bits per heavy atom. The molecule has 0 saturated carbocycles. The molecule has 0 aromatic heterocycles. The van der Waals surface area contributed by atoms with Crippen molar-refractivity contribution in [1.29, 1.82) is 0 Å². The molecule has 1 aromatic rings. The van der Waals surface area contributed by atoms with E-state index in [0.29, 0.717) is 13.1 Å². The third-order valence-corrected chi connectivity index (χ3v) is 3.64. The SMILES string of the molecule is O=C(OCc1ccccc1)N1CC(CO)C2OC2C1. The number of rotatable bonds is 3. The van der Waals surface area contributed by atoms with E-state index < -0.39 is 0 Å². The minimum absolute atomic E-state index is 0.0167. The van der Waals surface area contributed by atoms with Crippen molar-refractivity contribution in [2.45, 2.75) is 18.8 Å². The monoisotopic (exact) mass is 263 g/mol. The number of hydrogen-bond donors (Lipinski definition) is 1. The lowest BCUT2D eigenvalue weighted by Crippen LogP contribution is -2.45. The van der Waals surface area contributed by atoms with Crippen LogP contribution in [0.15, 0.2) is 30.3 Å². The molecule has 2 aliphatic heterocycles. The zero-order chi connectivity index (χ0) is 13.2. The number of ether oxygens (including phenoxy) is 2. The number of likely N-dealkylation sites (tertiary alicyclic amines) is 1. The summed E-state index contributed by atoms with van der Waals surface area (Å²) < 4.78 is 10.7. The molecule has 2 fully saturated rings. The van der Waals surface area contributed by atoms with Gasteiger partial charge in [-0.2, -0.15) is 0 Å². The van der Waals surface area contributed by atoms with Crippen LogP contribution in [0.1, 0.15) is 5.56 Å². The molecule has 1 aromatic carbocycles. The number of carbonyl (C=O) groups excluding carboxylic acids is 1. The van der Waals surface area contributed by atoms with Crippen molar-refractivity contribution in [3.8, 4) is 0 Å². The third-order valence-electron chi connectivity index (χ3n) is 3.64. The van der Waals surface area contributed by atoms with Crippen molar-refractivity contribution in [3.63, 3.8) is 0 Å². The van der Waals surface area contributed by atoms with Gasteiger partial charge in [-0.05, 0) is 5.56 Å². The largest absolute Gasteiger partial charge is 0.445 e. The predicted octanol–water partition coefficient (Wildman–Crippen LogP) is 1.01. The summed E-state index contributed by atoms with van der Waals surface area (Å²) in [5.74, 6) is 0.0167. The van der Waals surface area contributed by atoms with Crippen molar-refractivity contribution in [3.05, 3.63) is 35.9 Å². The van der Waals surface area contributed by atoms with Gasteiger partial charge in [0.25, 0.3) is 0 Å². The molecule has 102 valence electrons. The zero-order valence-electron chi connectivity index (χ0n) is 10.6. The van der Waals surface area contributed by atoms with E-state index in [9.17, 15) is 9.90 Å². The van der Waals surface area contributed by atoms with Gasteiger partial charge in [0.1, 0.15) is 12.7 Å². The Hall–Kier alpha value is -1.59. The molecule has 19 heavy (non-hydrogen) atoms. The van der Waals surface area contributed by atoms with Gasteiger partial charge in [0, 0.05) is 12.5 Å². The second-order valence-electron chi connectivity index (χ2n) is 5.03. The number of piperidine rings is 1. The maximum absolute atomic E-state index is 12.0. The van der Waals surface area contributed by atoms with Crippen molar-refractivity contribution in [2.75, 3.05) is 19.7 Å². The van der Waals surface area contributed by atoms with E-state index in [2.05, 4.69) is 0 Å². The molecule has 3 atom stereocenters. The predicted molar refractivity (Wildman–Crippen MR) is 67.4 cm³/mol. The van der Waals surface area contributed by atoms with Crippen LogP contribution in [0.4, 0.5) is 4.79 Å². The van der Waals surface area contributed by atoms with Gasteiger partial charge in [-0.1, -0.05) is 30.3 Å². The smallest absolute Gasteiger partial charge is 0.410 e. The summed E-state index contributed by atoms with van der Waals surface area (Å²) in [5.41, 5.74) is 0.965. The fourth-order valence-corrected chi connectivity index (χ4v) is 2.52. The second-order valence-corrected chi connectivity index (χ2v) is 5.03. The normalized spacial score (nSPS) is 28.7. The number of nitrogens with zero attached hydrogens (tertiary/aromatic N) is 1. The van der Waals surface area contributed by atoms with Gasteiger partial charge < -0.3 is 19.5 Å². The summed E-state index contributed by atoms with van der Waals surface area (Å²) in [6.45, 7) is 1.39. The first-order valence-corrected chi connectivity index (χ1v) is 6.50. The van der Waals surface area contributed by atoms with Crippen molar-refractivity contribution in [2.24, 2.45) is 5.92 Å². The molecular formula is C14H17NO4. The Kier molecular flexibility index (Phi) is 3.40. The van der Waals surface area contributed by atoms with Crippen LogP contribution in [0, 0.1) is 5.92 Å². The van der Waals surface area contributed by atoms with E-state index in [1.807, 2.05) is 30.3 Å². The first kappa shape index (κ1) is 12.4. The van der Waals surface area contributed by atoms with E-state index in [-0.39, 0.29) is 37.4 Å². The molecule has 0 bridgehead atoms. The van der Waals surface area contributed by atoms with Gasteiger partial charge >= 0.3 is 6.09 Å². The topological polar surface area (TPSA) is 62.3 Å². The first-order chi connectivity index (χ1) is 9.28. The molecule has 3 rings (SSSR count). The highest BCUT2D eigenvalue weighted by atomic mass is 16.6. The van der Waals surface area contributed by atoms with Crippen LogP contribution >= 0.6 is 0 Å². The molecular weight excluding hydrogens is 246 g/mol. The van der Waals surface area contributed by atoms with Crippen LogP contribution < -0.4 is 0 Å². The molecule has 5 nitrogen and oxygen atoms in total. The summed E-state index contributed by atoms with van der Waals surface area (Å²) in [5, 5.41) is 9.24. The average Bonchev–Trinajstić information content (AvgIpc) is 3.24. The molecule has 3 unspecified atom stereocenters. The molecule has 2 saturated heterocycles. The summed E-state index contributed by atoms with van der Waals surface area (Å²) in [4.78, 5) is 13.6. The molecule has 0 aliphatic carbocycles. The molecule has 0 radical (unpaired) electrons. The second kappa shape index (κ2) is 5.19. The Morgan fingerprint density at radius 1 is 1.37 bits per heavy atom. The fraction of sp³-hybridized carbons (Fsp3) is 0.500. The lowest BCUT2D eigenvalue weighted by Gasteiger charge is -2.28. The quantitative estimate of drug-likeness (QED) is 0.827. The number of fused-ring (bicyclic) bond motifs is 1. The highest BCUT2D eigenvalue weighted by Crippen LogP contribution is 2.35. The van der Waals surface area contributed by atoms with E-state index in [1.165, 1.54) is 0 Å². The number of benzene rings is 1. The third kappa shape index (κ3) is 2.72. The summed E-state index contributed by atoms with van der Waals surface area (Å²) in [6.07, 6.45) is -0.130. The van der Waals surface area contributed by atoms with Crippen LogP contribution in [0.5, 0.6) is 0 Å². The molecule has 1 N–H and O–H groups in total. The summed E-state index contributed by atoms with van der Waals surface area (Å²) in [6, 6.07) is 9.58. The minimum atomic E-state index is -0.337. The van der Waals surface area contributed by atoms with Crippen LogP contribution in [-0.4, -0.2) is 48.0 Å². The van der Waals surface area contributed by atoms with Crippen LogP contribution in [0.2, 0.25) is 0 Å². The number of epoxide rings is 1. The Labute approximate surface area is 111 Å². The van der Waals surface area contributed by atoms with Crippen molar-refractivity contribution >= 4 is 6.09 Å². The lowest BCUT2D eigenvalue weighted by molar-refractivity contribution is 0.0762. The van der Waals surface area contributed by atoms with Gasteiger partial charge in [0.15, 0.2) is 0 Å². The van der Waals surface area contributed by atoms with Gasteiger partial charge in [-0.25, -0.2) is 4.79 Å². The number of carbonyl (C=O) groups is 1. The number of amides is 1. The summed E-state index contributed by atoms with van der Waals surface area (Å²) in [7, 11) is 0. The van der Waals surface area contributed by atoms with Crippen molar-refractivity contribution < 1.29 is 19.4 Å².